The molecule has 8 heteroatoms. The largest absolute Gasteiger partial charge is 0.497 e. The number of benzene rings is 2. The van der Waals surface area contributed by atoms with E-state index < -0.39 is 0 Å². The van der Waals surface area contributed by atoms with Crippen molar-refractivity contribution in [2.24, 2.45) is 0 Å². The van der Waals surface area contributed by atoms with Crippen LogP contribution in [-0.4, -0.2) is 33.5 Å². The summed E-state index contributed by atoms with van der Waals surface area (Å²) in [6.07, 6.45) is 1.74. The van der Waals surface area contributed by atoms with E-state index in [4.69, 9.17) is 9.47 Å². The van der Waals surface area contributed by atoms with Gasteiger partial charge in [-0.05, 0) is 43.0 Å². The molecule has 0 fully saturated rings. The highest BCUT2D eigenvalue weighted by Crippen LogP contribution is 2.24. The number of methoxy groups -OCH3 is 1. The van der Waals surface area contributed by atoms with E-state index in [9.17, 15) is 4.79 Å². The van der Waals surface area contributed by atoms with E-state index in [1.807, 2.05) is 41.8 Å². The molecule has 1 amide bonds. The van der Waals surface area contributed by atoms with Crippen molar-refractivity contribution in [3.63, 3.8) is 0 Å². The number of aromatic nitrogens is 3. The van der Waals surface area contributed by atoms with E-state index >= 15 is 0 Å². The summed E-state index contributed by atoms with van der Waals surface area (Å²) in [4.78, 5) is 12.7. The molecule has 2 aromatic carbocycles. The first-order valence-corrected chi connectivity index (χ1v) is 11.8. The van der Waals surface area contributed by atoms with Crippen LogP contribution in [0.3, 0.4) is 0 Å². The molecule has 0 bridgehead atoms. The van der Waals surface area contributed by atoms with Gasteiger partial charge in [0.15, 0.2) is 11.0 Å². The second-order valence-electron chi connectivity index (χ2n) is 7.11. The minimum atomic E-state index is -0.0505. The molecule has 0 saturated carbocycles. The third-order valence-corrected chi connectivity index (χ3v) is 6.08. The van der Waals surface area contributed by atoms with Gasteiger partial charge in [-0.2, -0.15) is 0 Å². The minimum Gasteiger partial charge on any atom is -0.497 e. The Morgan fingerprint density at radius 2 is 1.72 bits per heavy atom. The predicted molar refractivity (Wildman–Crippen MR) is 128 cm³/mol. The maximum absolute atomic E-state index is 12.7. The molecule has 0 atom stereocenters. The molecule has 1 aromatic heterocycles. The second kappa shape index (κ2) is 11.6. The van der Waals surface area contributed by atoms with Crippen LogP contribution in [0.4, 0.5) is 5.69 Å². The molecule has 3 aromatic rings. The molecular weight excluding hydrogens is 424 g/mol. The molecule has 0 spiro atoms. The zero-order valence-electron chi connectivity index (χ0n) is 19.1. The van der Waals surface area contributed by atoms with Gasteiger partial charge in [0.1, 0.15) is 18.1 Å². The van der Waals surface area contributed by atoms with Gasteiger partial charge in [0.25, 0.3) is 0 Å². The van der Waals surface area contributed by atoms with Crippen LogP contribution in [0, 0.1) is 0 Å². The number of hydrogen-bond donors (Lipinski definition) is 1. The van der Waals surface area contributed by atoms with Crippen molar-refractivity contribution in [2.75, 3.05) is 18.2 Å². The maximum atomic E-state index is 12.7. The zero-order chi connectivity index (χ0) is 22.9. The monoisotopic (exact) mass is 454 g/mol. The van der Waals surface area contributed by atoms with Crippen LogP contribution in [-0.2, 0) is 30.8 Å². The molecule has 0 unspecified atom stereocenters. The van der Waals surface area contributed by atoms with Crippen molar-refractivity contribution in [3.05, 3.63) is 59.4 Å². The van der Waals surface area contributed by atoms with Crippen LogP contribution >= 0.6 is 11.8 Å². The average molecular weight is 455 g/mol. The summed E-state index contributed by atoms with van der Waals surface area (Å²) in [5.74, 6) is 2.35. The van der Waals surface area contributed by atoms with Gasteiger partial charge in [-0.15, -0.1) is 10.2 Å². The van der Waals surface area contributed by atoms with Crippen LogP contribution < -0.4 is 14.8 Å². The van der Waals surface area contributed by atoms with Gasteiger partial charge in [0, 0.05) is 18.3 Å². The molecular formula is C24H30N4O3S. The highest BCUT2D eigenvalue weighted by Gasteiger charge is 2.15. The number of nitrogens with zero attached hydrogens (tertiary/aromatic N) is 3. The number of hydrogen-bond acceptors (Lipinski definition) is 6. The van der Waals surface area contributed by atoms with Crippen molar-refractivity contribution < 1.29 is 14.3 Å². The van der Waals surface area contributed by atoms with E-state index in [0.29, 0.717) is 23.3 Å². The van der Waals surface area contributed by atoms with Gasteiger partial charge < -0.3 is 19.4 Å². The lowest BCUT2D eigenvalue weighted by Gasteiger charge is -2.14. The van der Waals surface area contributed by atoms with Crippen LogP contribution in [0.5, 0.6) is 11.5 Å². The van der Waals surface area contributed by atoms with Crippen molar-refractivity contribution >= 4 is 23.4 Å². The molecule has 0 aliphatic rings. The standard InChI is InChI=1S/C24H30N4O3S/c1-5-17-10-8-11-18(6-2)23(17)25-22(29)16-32-24-27-26-21(28(24)7-3)15-31-20-13-9-12-19(14-20)30-4/h8-14H,5-7,15-16H2,1-4H3,(H,25,29). The number of amides is 1. The third kappa shape index (κ3) is 5.82. The first-order chi connectivity index (χ1) is 15.6. The number of nitrogens with one attached hydrogen (secondary N) is 1. The normalized spacial score (nSPS) is 10.8. The Bertz CT molecular complexity index is 1030. The Kier molecular flexibility index (Phi) is 8.56. The molecule has 32 heavy (non-hydrogen) atoms. The number of carbonyl (C=O) groups excluding carboxylic acids is 1. The highest BCUT2D eigenvalue weighted by molar-refractivity contribution is 7.99. The lowest BCUT2D eigenvalue weighted by atomic mass is 10.0. The highest BCUT2D eigenvalue weighted by atomic mass is 32.2. The predicted octanol–water partition coefficient (Wildman–Crippen LogP) is 4.74. The van der Waals surface area contributed by atoms with Crippen LogP contribution in [0.2, 0.25) is 0 Å². The third-order valence-electron chi connectivity index (χ3n) is 5.11. The van der Waals surface area contributed by atoms with Crippen molar-refractivity contribution in [1.82, 2.24) is 14.8 Å². The number of ether oxygens (including phenoxy) is 2. The molecule has 0 saturated heterocycles. The molecule has 0 aliphatic heterocycles. The number of aryl methyl sites for hydroxylation is 2. The first kappa shape index (κ1) is 23.7. The lowest BCUT2D eigenvalue weighted by molar-refractivity contribution is -0.113. The Morgan fingerprint density at radius 1 is 1.03 bits per heavy atom. The molecule has 0 aliphatic carbocycles. The number of para-hydroxylation sites is 1. The summed E-state index contributed by atoms with van der Waals surface area (Å²) in [6, 6.07) is 13.6. The van der Waals surface area contributed by atoms with E-state index in [-0.39, 0.29) is 18.3 Å². The molecule has 7 nitrogen and oxygen atoms in total. The molecule has 1 N–H and O–H groups in total. The fourth-order valence-corrected chi connectivity index (χ4v) is 4.22. The van der Waals surface area contributed by atoms with E-state index in [0.717, 1.165) is 35.4 Å². The fourth-order valence-electron chi connectivity index (χ4n) is 3.40. The van der Waals surface area contributed by atoms with Gasteiger partial charge in [-0.3, -0.25) is 4.79 Å². The van der Waals surface area contributed by atoms with Crippen molar-refractivity contribution in [1.29, 1.82) is 0 Å². The fraction of sp³-hybridized carbons (Fsp3) is 0.375. The van der Waals surface area contributed by atoms with Gasteiger partial charge in [-0.1, -0.05) is 49.9 Å². The second-order valence-corrected chi connectivity index (χ2v) is 8.05. The average Bonchev–Trinajstić information content (AvgIpc) is 3.23. The number of anilines is 1. The van der Waals surface area contributed by atoms with Gasteiger partial charge in [0.2, 0.25) is 5.91 Å². The zero-order valence-corrected chi connectivity index (χ0v) is 19.9. The quantitative estimate of drug-likeness (QED) is 0.422. The summed E-state index contributed by atoms with van der Waals surface area (Å²) < 4.78 is 13.0. The smallest absolute Gasteiger partial charge is 0.234 e. The Hall–Kier alpha value is -3.00. The first-order valence-electron chi connectivity index (χ1n) is 10.8. The summed E-state index contributed by atoms with van der Waals surface area (Å²) in [5, 5.41) is 12.3. The van der Waals surface area contributed by atoms with Gasteiger partial charge in [0.05, 0.1) is 12.9 Å². The topological polar surface area (TPSA) is 78.3 Å². The van der Waals surface area contributed by atoms with E-state index in [1.54, 1.807) is 7.11 Å². The van der Waals surface area contributed by atoms with Gasteiger partial charge >= 0.3 is 0 Å². The van der Waals surface area contributed by atoms with Gasteiger partial charge in [-0.25, -0.2) is 0 Å². The lowest BCUT2D eigenvalue weighted by Crippen LogP contribution is -2.17. The summed E-state index contributed by atoms with van der Waals surface area (Å²) >= 11 is 1.38. The minimum absolute atomic E-state index is 0.0505. The van der Waals surface area contributed by atoms with Crippen molar-refractivity contribution in [2.45, 2.75) is 51.9 Å². The molecule has 0 radical (unpaired) electrons. The summed E-state index contributed by atoms with van der Waals surface area (Å²) in [7, 11) is 1.62. The van der Waals surface area contributed by atoms with Crippen LogP contribution in [0.1, 0.15) is 37.7 Å². The summed E-state index contributed by atoms with van der Waals surface area (Å²) in [6.45, 7) is 7.18. The SMILES string of the molecule is CCc1cccc(CC)c1NC(=O)CSc1nnc(COc2cccc(OC)c2)n1CC. The van der Waals surface area contributed by atoms with E-state index in [1.165, 1.54) is 11.8 Å². The Labute approximate surface area is 193 Å². The number of rotatable bonds is 11. The molecule has 3 rings (SSSR count). The van der Waals surface area contributed by atoms with E-state index in [2.05, 4.69) is 41.5 Å². The Morgan fingerprint density at radius 3 is 2.38 bits per heavy atom. The molecule has 1 heterocycles. The Balaban J connectivity index is 1.62. The number of carbonyl (C=O) groups is 1. The van der Waals surface area contributed by atoms with Crippen LogP contribution in [0.25, 0.3) is 0 Å². The number of thioether (sulfide) groups is 1. The summed E-state index contributed by atoms with van der Waals surface area (Å²) in [5.41, 5.74) is 3.24. The maximum Gasteiger partial charge on any atom is 0.234 e. The van der Waals surface area contributed by atoms with Crippen molar-refractivity contribution in [3.8, 4) is 11.5 Å². The molecule has 170 valence electrons. The van der Waals surface area contributed by atoms with Crippen LogP contribution in [0.15, 0.2) is 47.6 Å².